The monoisotopic (exact) mass is 360 g/mol. The van der Waals surface area contributed by atoms with Crippen molar-refractivity contribution in [2.24, 2.45) is 11.3 Å². The summed E-state index contributed by atoms with van der Waals surface area (Å²) in [6, 6.07) is 7.47. The van der Waals surface area contributed by atoms with Gasteiger partial charge in [0.25, 0.3) is 0 Å². The number of aromatic nitrogens is 1. The summed E-state index contributed by atoms with van der Waals surface area (Å²) in [7, 11) is 0. The normalized spacial score (nSPS) is 26.8. The van der Waals surface area contributed by atoms with Gasteiger partial charge in [0.1, 0.15) is 5.41 Å². The molecule has 1 aliphatic heterocycles. The molecule has 2 fully saturated rings. The molecule has 4 rings (SSSR count). The predicted octanol–water partition coefficient (Wildman–Crippen LogP) is 3.33. The van der Waals surface area contributed by atoms with Gasteiger partial charge in [0.15, 0.2) is 0 Å². The lowest BCUT2D eigenvalue weighted by molar-refractivity contribution is -0.158. The van der Waals surface area contributed by atoms with Crippen molar-refractivity contribution in [3.63, 3.8) is 0 Å². The van der Waals surface area contributed by atoms with E-state index in [1.54, 1.807) is 6.20 Å². The molecule has 0 bridgehead atoms. The largest absolute Gasteiger partial charge is 0.481 e. The summed E-state index contributed by atoms with van der Waals surface area (Å²) in [5.41, 5.74) is 0.649. The fraction of sp³-hybridized carbons (Fsp3) is 0.474. The topological polar surface area (TPSA) is 73.7 Å². The van der Waals surface area contributed by atoms with Crippen LogP contribution in [0.2, 0.25) is 5.02 Å². The molecule has 0 spiro atoms. The van der Waals surface area contributed by atoms with Crippen LogP contribution in [0.25, 0.3) is 10.9 Å². The fourth-order valence-corrected chi connectivity index (χ4v) is 4.17. The summed E-state index contributed by atoms with van der Waals surface area (Å²) in [6.07, 6.45) is 4.06. The average molecular weight is 361 g/mol. The molecule has 6 heteroatoms. The van der Waals surface area contributed by atoms with E-state index in [9.17, 15) is 15.0 Å². The maximum Gasteiger partial charge on any atom is 0.314 e. The first-order valence-corrected chi connectivity index (χ1v) is 9.08. The van der Waals surface area contributed by atoms with Gasteiger partial charge in [0.2, 0.25) is 0 Å². The van der Waals surface area contributed by atoms with Crippen LogP contribution in [0.15, 0.2) is 30.5 Å². The van der Waals surface area contributed by atoms with E-state index < -0.39 is 17.5 Å². The number of aliphatic carboxylic acids is 1. The molecule has 1 aromatic carbocycles. The minimum Gasteiger partial charge on any atom is -0.481 e. The summed E-state index contributed by atoms with van der Waals surface area (Å²) in [4.78, 5) is 18.6. The first kappa shape index (κ1) is 16.6. The molecule has 2 N–H and O–H groups in total. The highest BCUT2D eigenvalue weighted by atomic mass is 35.5. The molecule has 2 heterocycles. The summed E-state index contributed by atoms with van der Waals surface area (Å²) >= 11 is 6.06. The van der Waals surface area contributed by atoms with Crippen molar-refractivity contribution in [1.82, 2.24) is 4.98 Å². The summed E-state index contributed by atoms with van der Waals surface area (Å²) in [5.74, 6) is -0.461. The number of rotatable bonds is 4. The van der Waals surface area contributed by atoms with E-state index in [0.29, 0.717) is 36.9 Å². The van der Waals surface area contributed by atoms with Crippen LogP contribution < -0.4 is 4.90 Å². The summed E-state index contributed by atoms with van der Waals surface area (Å²) < 4.78 is 0. The second-order valence-corrected chi connectivity index (χ2v) is 7.76. The van der Waals surface area contributed by atoms with E-state index in [2.05, 4.69) is 9.88 Å². The van der Waals surface area contributed by atoms with Crippen LogP contribution in [0.5, 0.6) is 0 Å². The smallest absolute Gasteiger partial charge is 0.314 e. The standard InChI is InChI=1S/C19H21ClN2O3/c20-13-3-4-14-15(9-13)21-7-5-16(14)22-8-6-17(23)19(11-22,18(24)25)10-12-1-2-12/h3-5,7,9,12,17,23H,1-2,6,8,10-11H2,(H,24,25)/t17-,19+/m0/s1. The van der Waals surface area contributed by atoms with Gasteiger partial charge >= 0.3 is 5.97 Å². The first-order valence-electron chi connectivity index (χ1n) is 8.70. The third kappa shape index (κ3) is 2.96. The predicted molar refractivity (Wildman–Crippen MR) is 97.0 cm³/mol. The highest BCUT2D eigenvalue weighted by Gasteiger charge is 2.51. The van der Waals surface area contributed by atoms with Crippen LogP contribution in [0, 0.1) is 11.3 Å². The van der Waals surface area contributed by atoms with E-state index in [1.165, 1.54) is 0 Å². The van der Waals surface area contributed by atoms with Gasteiger partial charge < -0.3 is 15.1 Å². The maximum absolute atomic E-state index is 12.1. The second-order valence-electron chi connectivity index (χ2n) is 7.33. The number of aliphatic hydroxyl groups is 1. The number of nitrogens with zero attached hydrogens (tertiary/aromatic N) is 2. The van der Waals surface area contributed by atoms with E-state index in [-0.39, 0.29) is 0 Å². The van der Waals surface area contributed by atoms with Gasteiger partial charge in [-0.15, -0.1) is 0 Å². The van der Waals surface area contributed by atoms with E-state index >= 15 is 0 Å². The van der Waals surface area contributed by atoms with Crippen LogP contribution in [0.1, 0.15) is 25.7 Å². The summed E-state index contributed by atoms with van der Waals surface area (Å²) in [5, 5.41) is 22.1. The zero-order valence-electron chi connectivity index (χ0n) is 13.9. The van der Waals surface area contributed by atoms with Crippen LogP contribution in [0.4, 0.5) is 5.69 Å². The van der Waals surface area contributed by atoms with Crippen molar-refractivity contribution in [2.45, 2.75) is 31.8 Å². The van der Waals surface area contributed by atoms with Crippen LogP contribution in [0.3, 0.4) is 0 Å². The number of carbonyl (C=O) groups is 1. The number of carboxylic acids is 1. The zero-order chi connectivity index (χ0) is 17.6. The third-order valence-electron chi connectivity index (χ3n) is 5.58. The van der Waals surface area contributed by atoms with Gasteiger partial charge in [-0.2, -0.15) is 0 Å². The molecule has 5 nitrogen and oxygen atoms in total. The van der Waals surface area contributed by atoms with Crippen molar-refractivity contribution in [2.75, 3.05) is 18.0 Å². The molecule has 1 aromatic heterocycles. The molecule has 2 aliphatic rings. The first-order chi connectivity index (χ1) is 12.0. The lowest BCUT2D eigenvalue weighted by Crippen LogP contribution is -2.56. The quantitative estimate of drug-likeness (QED) is 0.874. The second kappa shape index (κ2) is 6.15. The molecule has 0 radical (unpaired) electrons. The number of hydrogen-bond acceptors (Lipinski definition) is 4. The molecule has 25 heavy (non-hydrogen) atoms. The Balaban J connectivity index is 1.72. The molecular formula is C19H21ClN2O3. The number of pyridine rings is 1. The highest BCUT2D eigenvalue weighted by molar-refractivity contribution is 6.31. The van der Waals surface area contributed by atoms with Gasteiger partial charge in [-0.3, -0.25) is 9.78 Å². The molecule has 1 aliphatic carbocycles. The van der Waals surface area contributed by atoms with Gasteiger partial charge in [-0.1, -0.05) is 24.4 Å². The lowest BCUT2D eigenvalue weighted by atomic mass is 9.73. The Morgan fingerprint density at radius 1 is 1.32 bits per heavy atom. The number of aliphatic hydroxyl groups excluding tert-OH is 1. The Kier molecular flexibility index (Phi) is 4.08. The summed E-state index contributed by atoms with van der Waals surface area (Å²) in [6.45, 7) is 0.949. The van der Waals surface area contributed by atoms with E-state index in [1.807, 2.05) is 24.3 Å². The molecular weight excluding hydrogens is 340 g/mol. The Labute approximate surface area is 151 Å². The number of halogens is 1. The van der Waals surface area contributed by atoms with E-state index in [4.69, 9.17) is 11.6 Å². The van der Waals surface area contributed by atoms with E-state index in [0.717, 1.165) is 29.4 Å². The van der Waals surface area contributed by atoms with Gasteiger partial charge in [-0.05, 0) is 43.0 Å². The molecule has 0 unspecified atom stereocenters. The maximum atomic E-state index is 12.1. The molecule has 0 amide bonds. The Bertz CT molecular complexity index is 823. The molecule has 2 aromatic rings. The van der Waals surface area contributed by atoms with Gasteiger partial charge in [0.05, 0.1) is 11.6 Å². The highest BCUT2D eigenvalue weighted by Crippen LogP contribution is 2.46. The minimum atomic E-state index is -1.10. The zero-order valence-corrected chi connectivity index (χ0v) is 14.6. The molecule has 1 saturated heterocycles. The SMILES string of the molecule is O=C(O)[C@]1(CC2CC2)CN(c2ccnc3cc(Cl)ccc23)CC[C@@H]1O. The van der Waals surface area contributed by atoms with Crippen LogP contribution >= 0.6 is 11.6 Å². The lowest BCUT2D eigenvalue weighted by Gasteiger charge is -2.44. The minimum absolute atomic E-state index is 0.321. The number of carboxylic acid groups (broad SMARTS) is 1. The number of anilines is 1. The Morgan fingerprint density at radius 2 is 2.12 bits per heavy atom. The van der Waals surface area contributed by atoms with Crippen molar-refractivity contribution < 1.29 is 15.0 Å². The van der Waals surface area contributed by atoms with Gasteiger partial charge in [0, 0.05) is 35.4 Å². The van der Waals surface area contributed by atoms with Crippen molar-refractivity contribution in [1.29, 1.82) is 0 Å². The fourth-order valence-electron chi connectivity index (χ4n) is 4.00. The van der Waals surface area contributed by atoms with Crippen LogP contribution in [-0.2, 0) is 4.79 Å². The van der Waals surface area contributed by atoms with Crippen molar-refractivity contribution in [3.05, 3.63) is 35.5 Å². The third-order valence-corrected chi connectivity index (χ3v) is 5.82. The van der Waals surface area contributed by atoms with Gasteiger partial charge in [-0.25, -0.2) is 0 Å². The van der Waals surface area contributed by atoms with Crippen molar-refractivity contribution in [3.8, 4) is 0 Å². The number of benzene rings is 1. The number of hydrogen-bond donors (Lipinski definition) is 2. The molecule has 1 saturated carbocycles. The molecule has 132 valence electrons. The Morgan fingerprint density at radius 3 is 2.84 bits per heavy atom. The number of fused-ring (bicyclic) bond motifs is 1. The van der Waals surface area contributed by atoms with Crippen molar-refractivity contribution >= 4 is 34.2 Å². The number of piperidine rings is 1. The Hall–Kier alpha value is -1.85. The van der Waals surface area contributed by atoms with Crippen LogP contribution in [-0.4, -0.2) is 40.4 Å². The average Bonchev–Trinajstić information content (AvgIpc) is 3.40. The molecule has 2 atom stereocenters.